The van der Waals surface area contributed by atoms with Crippen LogP contribution in [0.5, 0.6) is 0 Å². The fraction of sp³-hybridized carbons (Fsp3) is 0.737. The average Bonchev–Trinajstić information content (AvgIpc) is 3.06. The van der Waals surface area contributed by atoms with E-state index < -0.39 is 0 Å². The molecule has 2 amide bonds. The molecule has 0 radical (unpaired) electrons. The van der Waals surface area contributed by atoms with E-state index in [-0.39, 0.29) is 29.8 Å². The van der Waals surface area contributed by atoms with Gasteiger partial charge in [0.1, 0.15) is 5.76 Å². The fourth-order valence-electron chi connectivity index (χ4n) is 3.35. The molecule has 1 aromatic heterocycles. The first kappa shape index (κ1) is 20.7. The molecule has 0 aromatic carbocycles. The number of urea groups is 1. The van der Waals surface area contributed by atoms with Crippen LogP contribution in [0.1, 0.15) is 39.5 Å². The van der Waals surface area contributed by atoms with Crippen LogP contribution in [0.25, 0.3) is 0 Å². The second kappa shape index (κ2) is 8.88. The summed E-state index contributed by atoms with van der Waals surface area (Å²) in [4.78, 5) is 16.7. The van der Waals surface area contributed by atoms with Gasteiger partial charge in [-0.2, -0.15) is 0 Å². The van der Waals surface area contributed by atoms with Crippen LogP contribution in [0.4, 0.5) is 4.79 Å². The summed E-state index contributed by atoms with van der Waals surface area (Å²) in [7, 11) is 3.94. The summed E-state index contributed by atoms with van der Waals surface area (Å²) in [5.41, 5.74) is -0.133. The quantitative estimate of drug-likeness (QED) is 0.773. The van der Waals surface area contributed by atoms with Gasteiger partial charge in [-0.25, -0.2) is 4.79 Å². The molecule has 1 aromatic rings. The third-order valence-electron chi connectivity index (χ3n) is 4.91. The largest absolute Gasteiger partial charge is 0.468 e. The molecule has 2 N–H and O–H groups in total. The lowest BCUT2D eigenvalue weighted by molar-refractivity contribution is -0.0947. The maximum atomic E-state index is 12.3. The van der Waals surface area contributed by atoms with Crippen LogP contribution in [0.15, 0.2) is 22.8 Å². The zero-order valence-corrected chi connectivity index (χ0v) is 16.9. The third-order valence-corrected chi connectivity index (χ3v) is 4.91. The molecule has 7 nitrogen and oxygen atoms in total. The summed E-state index contributed by atoms with van der Waals surface area (Å²) in [5.74, 6) is 0.840. The predicted octanol–water partition coefficient (Wildman–Crippen LogP) is 2.07. The smallest absolute Gasteiger partial charge is 0.314 e. The molecule has 2 rings (SSSR count). The zero-order valence-electron chi connectivity index (χ0n) is 16.9. The number of furan rings is 1. The molecule has 1 fully saturated rings. The lowest BCUT2D eigenvalue weighted by atomic mass is 10.00. The van der Waals surface area contributed by atoms with Crippen LogP contribution in [0.2, 0.25) is 0 Å². The molecule has 26 heavy (non-hydrogen) atoms. The molecular formula is C19H34N4O3. The highest BCUT2D eigenvalue weighted by Gasteiger charge is 2.33. The number of rotatable bonds is 7. The topological polar surface area (TPSA) is 70.0 Å². The summed E-state index contributed by atoms with van der Waals surface area (Å²) in [5, 5.41) is 5.96. The third kappa shape index (κ3) is 5.72. The average molecular weight is 367 g/mol. The number of hydrogen-bond donors (Lipinski definition) is 2. The first-order chi connectivity index (χ1) is 12.2. The number of hydrogen-bond acceptors (Lipinski definition) is 5. The van der Waals surface area contributed by atoms with E-state index in [9.17, 15) is 4.79 Å². The van der Waals surface area contributed by atoms with E-state index in [0.717, 1.165) is 18.8 Å². The number of ether oxygens (including phenoxy) is 1. The molecule has 1 aliphatic heterocycles. The van der Waals surface area contributed by atoms with Gasteiger partial charge in [-0.3, -0.25) is 9.80 Å². The number of likely N-dealkylation sites (N-methyl/N-ethyl adjacent to an activating group) is 1. The maximum absolute atomic E-state index is 12.3. The number of nitrogens with one attached hydrogen (secondary N) is 2. The summed E-state index contributed by atoms with van der Waals surface area (Å²) < 4.78 is 11.3. The van der Waals surface area contributed by atoms with Crippen molar-refractivity contribution in [3.05, 3.63) is 24.2 Å². The predicted molar refractivity (Wildman–Crippen MR) is 102 cm³/mol. The van der Waals surface area contributed by atoms with Crippen molar-refractivity contribution in [2.45, 2.75) is 51.5 Å². The Morgan fingerprint density at radius 2 is 1.96 bits per heavy atom. The molecular weight excluding hydrogens is 332 g/mol. The molecule has 2 heterocycles. The van der Waals surface area contributed by atoms with E-state index in [1.807, 2.05) is 31.1 Å². The Kier molecular flexibility index (Phi) is 7.08. The Morgan fingerprint density at radius 3 is 2.50 bits per heavy atom. The molecule has 0 spiro atoms. The van der Waals surface area contributed by atoms with Crippen LogP contribution in [0.3, 0.4) is 0 Å². The Balaban J connectivity index is 1.81. The summed E-state index contributed by atoms with van der Waals surface area (Å²) in [6.45, 7) is 11.3. The maximum Gasteiger partial charge on any atom is 0.314 e. The Hall–Kier alpha value is -1.57. The van der Waals surface area contributed by atoms with Crippen LogP contribution >= 0.6 is 0 Å². The second-order valence-electron chi connectivity index (χ2n) is 8.03. The number of carbonyl (C=O) groups is 1. The molecule has 3 unspecified atom stereocenters. The van der Waals surface area contributed by atoms with Gasteiger partial charge in [-0.1, -0.05) is 0 Å². The molecule has 0 bridgehead atoms. The van der Waals surface area contributed by atoms with Crippen LogP contribution in [-0.4, -0.2) is 73.9 Å². The Morgan fingerprint density at radius 1 is 1.31 bits per heavy atom. The highest BCUT2D eigenvalue weighted by atomic mass is 16.5. The summed E-state index contributed by atoms with van der Waals surface area (Å²) in [6.07, 6.45) is 2.07. The first-order valence-electron chi connectivity index (χ1n) is 9.31. The second-order valence-corrected chi connectivity index (χ2v) is 8.03. The van der Waals surface area contributed by atoms with E-state index in [1.165, 1.54) is 0 Å². The van der Waals surface area contributed by atoms with Crippen molar-refractivity contribution in [1.29, 1.82) is 0 Å². The van der Waals surface area contributed by atoms with Crippen molar-refractivity contribution in [3.63, 3.8) is 0 Å². The van der Waals surface area contributed by atoms with Gasteiger partial charge in [0.2, 0.25) is 0 Å². The highest BCUT2D eigenvalue weighted by Crippen LogP contribution is 2.21. The van der Waals surface area contributed by atoms with E-state index in [1.54, 1.807) is 6.26 Å². The molecule has 1 aliphatic rings. The minimum absolute atomic E-state index is 0.00435. The van der Waals surface area contributed by atoms with Gasteiger partial charge in [0.15, 0.2) is 0 Å². The van der Waals surface area contributed by atoms with Crippen molar-refractivity contribution >= 4 is 6.03 Å². The number of morpholine rings is 1. The van der Waals surface area contributed by atoms with E-state index in [4.69, 9.17) is 9.15 Å². The molecule has 0 saturated carbocycles. The minimum atomic E-state index is -0.161. The van der Waals surface area contributed by atoms with Crippen molar-refractivity contribution in [1.82, 2.24) is 20.4 Å². The van der Waals surface area contributed by atoms with Gasteiger partial charge in [-0.05, 0) is 53.9 Å². The molecule has 1 saturated heterocycles. The van der Waals surface area contributed by atoms with Crippen molar-refractivity contribution in [2.75, 3.05) is 40.3 Å². The monoisotopic (exact) mass is 366 g/mol. The summed E-state index contributed by atoms with van der Waals surface area (Å²) >= 11 is 0. The van der Waals surface area contributed by atoms with Gasteiger partial charge >= 0.3 is 6.03 Å². The molecule has 0 aliphatic carbocycles. The number of amides is 2. The van der Waals surface area contributed by atoms with Gasteiger partial charge < -0.3 is 19.8 Å². The Labute approximate surface area is 157 Å². The first-order valence-corrected chi connectivity index (χ1v) is 9.31. The lowest BCUT2D eigenvalue weighted by Gasteiger charge is -2.45. The van der Waals surface area contributed by atoms with E-state index in [2.05, 4.69) is 43.2 Å². The van der Waals surface area contributed by atoms with Gasteiger partial charge in [0, 0.05) is 31.7 Å². The van der Waals surface area contributed by atoms with Gasteiger partial charge in [-0.15, -0.1) is 0 Å². The van der Waals surface area contributed by atoms with Crippen LogP contribution in [-0.2, 0) is 4.74 Å². The van der Waals surface area contributed by atoms with Crippen LogP contribution < -0.4 is 10.6 Å². The standard InChI is InChI=1S/C19H34N4O3/c1-14-11-23(12-15(2)26-14)19(3,4)13-21-18(24)20-10-16(22(5)6)17-8-7-9-25-17/h7-9,14-16H,10-13H2,1-6H3,(H2,20,21,24). The normalized spacial score (nSPS) is 23.0. The molecule has 3 atom stereocenters. The van der Waals surface area contributed by atoms with E-state index in [0.29, 0.717) is 13.1 Å². The highest BCUT2D eigenvalue weighted by molar-refractivity contribution is 5.73. The Bertz CT molecular complexity index is 549. The summed E-state index contributed by atoms with van der Waals surface area (Å²) in [6, 6.07) is 3.63. The van der Waals surface area contributed by atoms with E-state index >= 15 is 0 Å². The fourth-order valence-corrected chi connectivity index (χ4v) is 3.35. The van der Waals surface area contributed by atoms with Gasteiger partial charge in [0.25, 0.3) is 0 Å². The lowest BCUT2D eigenvalue weighted by Crippen LogP contribution is -2.59. The zero-order chi connectivity index (χ0) is 19.3. The van der Waals surface area contributed by atoms with Crippen molar-refractivity contribution < 1.29 is 13.9 Å². The number of carbonyl (C=O) groups excluding carboxylic acids is 1. The van der Waals surface area contributed by atoms with Crippen molar-refractivity contribution in [2.24, 2.45) is 0 Å². The number of nitrogens with zero attached hydrogens (tertiary/aromatic N) is 2. The SMILES string of the molecule is CC1CN(C(C)(C)CNC(=O)NCC(c2ccco2)N(C)C)CC(C)O1. The molecule has 148 valence electrons. The van der Waals surface area contributed by atoms with Crippen molar-refractivity contribution in [3.8, 4) is 0 Å². The van der Waals surface area contributed by atoms with Gasteiger partial charge in [0.05, 0.1) is 24.5 Å². The van der Waals surface area contributed by atoms with Crippen LogP contribution in [0, 0.1) is 0 Å². The minimum Gasteiger partial charge on any atom is -0.468 e. The molecule has 7 heteroatoms.